The number of ether oxygens (including phenoxy) is 1. The maximum absolute atomic E-state index is 12.6. The zero-order valence-corrected chi connectivity index (χ0v) is 18.1. The molecule has 2 rings (SSSR count). The minimum Gasteiger partial charge on any atom is -0.496 e. The highest BCUT2D eigenvalue weighted by Gasteiger charge is 2.26. The number of carbonyl (C=O) groups excluding carboxylic acids is 3. The number of amides is 3. The topological polar surface area (TPSA) is 96.5 Å². The van der Waals surface area contributed by atoms with Crippen molar-refractivity contribution in [2.45, 2.75) is 19.9 Å². The molecule has 1 atom stereocenters. The van der Waals surface area contributed by atoms with Crippen LogP contribution in [0.25, 0.3) is 0 Å². The van der Waals surface area contributed by atoms with E-state index in [4.69, 9.17) is 4.74 Å². The van der Waals surface area contributed by atoms with Crippen molar-refractivity contribution in [3.8, 4) is 5.75 Å². The van der Waals surface area contributed by atoms with E-state index in [1.54, 1.807) is 48.5 Å². The summed E-state index contributed by atoms with van der Waals surface area (Å²) in [4.78, 5) is 37.2. The van der Waals surface area contributed by atoms with Gasteiger partial charge in [0.1, 0.15) is 11.8 Å². The Labute approximate surface area is 178 Å². The van der Waals surface area contributed by atoms with Crippen molar-refractivity contribution >= 4 is 39.3 Å². The molecule has 7 nitrogen and oxygen atoms in total. The van der Waals surface area contributed by atoms with Crippen molar-refractivity contribution in [1.82, 2.24) is 10.6 Å². The Morgan fingerprint density at radius 2 is 1.69 bits per heavy atom. The Morgan fingerprint density at radius 3 is 2.31 bits per heavy atom. The molecular weight excluding hydrogens is 438 g/mol. The largest absolute Gasteiger partial charge is 0.496 e. The smallest absolute Gasteiger partial charge is 0.255 e. The van der Waals surface area contributed by atoms with Crippen LogP contribution in [0.15, 0.2) is 53.0 Å². The summed E-state index contributed by atoms with van der Waals surface area (Å²) in [5.41, 5.74) is 0.957. The third kappa shape index (κ3) is 6.60. The normalized spacial score (nSPS) is 11.5. The van der Waals surface area contributed by atoms with Gasteiger partial charge in [-0.05, 0) is 42.3 Å². The summed E-state index contributed by atoms with van der Waals surface area (Å²) in [7, 11) is 1.47. The first-order valence-corrected chi connectivity index (χ1v) is 9.88. The molecule has 0 fully saturated rings. The predicted molar refractivity (Wildman–Crippen MR) is 115 cm³/mol. The maximum Gasteiger partial charge on any atom is 0.255 e. The van der Waals surface area contributed by atoms with Gasteiger partial charge in [0.2, 0.25) is 11.8 Å². The summed E-state index contributed by atoms with van der Waals surface area (Å²) in [6, 6.07) is 13.1. The minimum absolute atomic E-state index is 0.178. The Hall–Kier alpha value is -2.87. The van der Waals surface area contributed by atoms with E-state index >= 15 is 0 Å². The molecular formula is C21H24BrN3O4. The number of anilines is 1. The van der Waals surface area contributed by atoms with Crippen LogP contribution in [0.2, 0.25) is 0 Å². The molecule has 2 aromatic rings. The van der Waals surface area contributed by atoms with Crippen molar-refractivity contribution in [3.63, 3.8) is 0 Å². The van der Waals surface area contributed by atoms with E-state index in [-0.39, 0.29) is 18.4 Å². The van der Waals surface area contributed by atoms with Gasteiger partial charge in [-0.15, -0.1) is 0 Å². The molecule has 0 aliphatic rings. The molecule has 0 saturated carbocycles. The lowest BCUT2D eigenvalue weighted by atomic mass is 10.0. The molecule has 29 heavy (non-hydrogen) atoms. The van der Waals surface area contributed by atoms with Gasteiger partial charge >= 0.3 is 0 Å². The summed E-state index contributed by atoms with van der Waals surface area (Å²) in [5, 5.41) is 7.99. The number of para-hydroxylation sites is 1. The van der Waals surface area contributed by atoms with Crippen LogP contribution in [0, 0.1) is 5.92 Å². The molecule has 0 aromatic heterocycles. The number of methoxy groups -OCH3 is 1. The molecule has 0 spiro atoms. The molecule has 0 aliphatic heterocycles. The van der Waals surface area contributed by atoms with Gasteiger partial charge < -0.3 is 20.7 Å². The first-order valence-electron chi connectivity index (χ1n) is 9.08. The van der Waals surface area contributed by atoms with Gasteiger partial charge in [0.05, 0.1) is 19.2 Å². The minimum atomic E-state index is -0.798. The number of halogens is 1. The number of nitrogens with one attached hydrogen (secondary N) is 3. The average molecular weight is 462 g/mol. The lowest BCUT2D eigenvalue weighted by molar-refractivity contribution is -0.126. The highest BCUT2D eigenvalue weighted by molar-refractivity contribution is 9.10. The van der Waals surface area contributed by atoms with Crippen LogP contribution in [-0.2, 0) is 9.59 Å². The van der Waals surface area contributed by atoms with Crippen molar-refractivity contribution in [2.75, 3.05) is 19.0 Å². The fourth-order valence-corrected chi connectivity index (χ4v) is 2.87. The van der Waals surface area contributed by atoms with Crippen LogP contribution >= 0.6 is 15.9 Å². The average Bonchev–Trinajstić information content (AvgIpc) is 2.71. The van der Waals surface area contributed by atoms with Crippen molar-refractivity contribution < 1.29 is 19.1 Å². The molecule has 154 valence electrons. The van der Waals surface area contributed by atoms with E-state index in [0.29, 0.717) is 17.0 Å². The molecule has 0 saturated heterocycles. The van der Waals surface area contributed by atoms with Gasteiger partial charge in [-0.2, -0.15) is 0 Å². The number of rotatable bonds is 8. The zero-order chi connectivity index (χ0) is 21.4. The van der Waals surface area contributed by atoms with Crippen molar-refractivity contribution in [2.24, 2.45) is 5.92 Å². The van der Waals surface area contributed by atoms with Crippen LogP contribution < -0.4 is 20.7 Å². The SMILES string of the molecule is COc1ccccc1C(=O)NC(C(=O)NCC(=O)Nc1ccc(Br)cc1)C(C)C. The fourth-order valence-electron chi connectivity index (χ4n) is 2.60. The molecule has 0 aliphatic carbocycles. The molecule has 0 heterocycles. The van der Waals surface area contributed by atoms with Gasteiger partial charge in [0.25, 0.3) is 5.91 Å². The van der Waals surface area contributed by atoms with Crippen molar-refractivity contribution in [3.05, 3.63) is 58.6 Å². The second-order valence-corrected chi connectivity index (χ2v) is 7.58. The first kappa shape index (κ1) is 22.4. The van der Waals surface area contributed by atoms with E-state index < -0.39 is 17.9 Å². The Kier molecular flexibility index (Phi) is 8.21. The van der Waals surface area contributed by atoms with Gasteiger partial charge in [-0.1, -0.05) is 41.9 Å². The third-order valence-electron chi connectivity index (χ3n) is 4.14. The van der Waals surface area contributed by atoms with Crippen LogP contribution in [0.5, 0.6) is 5.75 Å². The van der Waals surface area contributed by atoms with E-state index in [1.165, 1.54) is 7.11 Å². The third-order valence-corrected chi connectivity index (χ3v) is 4.67. The Bertz CT molecular complexity index is 868. The lowest BCUT2D eigenvalue weighted by Gasteiger charge is -2.22. The molecule has 3 N–H and O–H groups in total. The van der Waals surface area contributed by atoms with Gasteiger partial charge in [0, 0.05) is 10.2 Å². The molecule has 3 amide bonds. The van der Waals surface area contributed by atoms with Crippen LogP contribution in [0.4, 0.5) is 5.69 Å². The number of carbonyl (C=O) groups is 3. The van der Waals surface area contributed by atoms with Crippen LogP contribution in [0.3, 0.4) is 0 Å². The Morgan fingerprint density at radius 1 is 1.03 bits per heavy atom. The van der Waals surface area contributed by atoms with Gasteiger partial charge in [-0.25, -0.2) is 0 Å². The number of hydrogen-bond donors (Lipinski definition) is 3. The quantitative estimate of drug-likeness (QED) is 0.562. The molecule has 0 bridgehead atoms. The second kappa shape index (κ2) is 10.6. The summed E-state index contributed by atoms with van der Waals surface area (Å²) in [6.45, 7) is 3.42. The Balaban J connectivity index is 1.95. The summed E-state index contributed by atoms with van der Waals surface area (Å²) in [6.07, 6.45) is 0. The highest BCUT2D eigenvalue weighted by atomic mass is 79.9. The molecule has 8 heteroatoms. The maximum atomic E-state index is 12.6. The fraction of sp³-hybridized carbons (Fsp3) is 0.286. The van der Waals surface area contributed by atoms with Crippen molar-refractivity contribution in [1.29, 1.82) is 0 Å². The summed E-state index contributed by atoms with van der Waals surface area (Å²) in [5.74, 6) is -0.978. The van der Waals surface area contributed by atoms with Crippen LogP contribution in [-0.4, -0.2) is 37.4 Å². The lowest BCUT2D eigenvalue weighted by Crippen LogP contribution is -2.51. The molecule has 1 unspecified atom stereocenters. The monoisotopic (exact) mass is 461 g/mol. The van der Waals surface area contributed by atoms with E-state index in [1.807, 2.05) is 13.8 Å². The molecule has 0 radical (unpaired) electrons. The second-order valence-electron chi connectivity index (χ2n) is 6.67. The van der Waals surface area contributed by atoms with E-state index in [2.05, 4.69) is 31.9 Å². The van der Waals surface area contributed by atoms with E-state index in [9.17, 15) is 14.4 Å². The van der Waals surface area contributed by atoms with E-state index in [0.717, 1.165) is 4.47 Å². The predicted octanol–water partition coefficient (Wildman–Crippen LogP) is 2.97. The number of benzene rings is 2. The van der Waals surface area contributed by atoms with Gasteiger partial charge in [-0.3, -0.25) is 14.4 Å². The zero-order valence-electron chi connectivity index (χ0n) is 16.5. The summed E-state index contributed by atoms with van der Waals surface area (Å²) >= 11 is 3.32. The molecule has 2 aromatic carbocycles. The first-order chi connectivity index (χ1) is 13.8. The van der Waals surface area contributed by atoms with Gasteiger partial charge in [0.15, 0.2) is 0 Å². The highest BCUT2D eigenvalue weighted by Crippen LogP contribution is 2.18. The standard InChI is InChI=1S/C21H24BrN3O4/c1-13(2)19(25-20(27)16-6-4-5-7-17(16)29-3)21(28)23-12-18(26)24-15-10-8-14(22)9-11-15/h4-11,13,19H,12H2,1-3H3,(H,23,28)(H,24,26)(H,25,27). The summed E-state index contributed by atoms with van der Waals surface area (Å²) < 4.78 is 6.09. The van der Waals surface area contributed by atoms with Crippen LogP contribution in [0.1, 0.15) is 24.2 Å². The number of hydrogen-bond acceptors (Lipinski definition) is 4.